The molecular weight excluding hydrogens is 148 g/mol. The van der Waals surface area contributed by atoms with Crippen LogP contribution < -0.4 is 5.32 Å². The van der Waals surface area contributed by atoms with E-state index in [4.69, 9.17) is 0 Å². The fraction of sp³-hybridized carbons (Fsp3) is 0.750. The predicted molar refractivity (Wildman–Crippen MR) is 38.4 cm³/mol. The quantitative estimate of drug-likeness (QED) is 0.569. The first-order valence-corrected chi connectivity index (χ1v) is 4.05. The second-order valence-electron chi connectivity index (χ2n) is 3.37. The minimum atomic E-state index is -1.43. The first-order valence-electron chi connectivity index (χ1n) is 4.05. The van der Waals surface area contributed by atoms with E-state index in [9.17, 15) is 8.78 Å². The smallest absolute Gasteiger partial charge is 0.269 e. The maximum absolute atomic E-state index is 12.2. The van der Waals surface area contributed by atoms with Crippen molar-refractivity contribution in [2.45, 2.75) is 25.3 Å². The Morgan fingerprint density at radius 3 is 2.45 bits per heavy atom. The van der Waals surface area contributed by atoms with Gasteiger partial charge in [0.25, 0.3) is 6.08 Å². The molecule has 1 saturated carbocycles. The van der Waals surface area contributed by atoms with Gasteiger partial charge in [-0.25, -0.2) is 0 Å². The molecule has 1 N–H and O–H groups in total. The second-order valence-corrected chi connectivity index (χ2v) is 3.37. The van der Waals surface area contributed by atoms with E-state index in [1.54, 1.807) is 0 Å². The van der Waals surface area contributed by atoms with E-state index in [2.05, 4.69) is 5.32 Å². The van der Waals surface area contributed by atoms with Crippen molar-refractivity contribution < 1.29 is 8.78 Å². The molecule has 62 valence electrons. The Hall–Kier alpha value is -0.440. The van der Waals surface area contributed by atoms with Gasteiger partial charge in [-0.3, -0.25) is 0 Å². The van der Waals surface area contributed by atoms with Gasteiger partial charge in [-0.15, -0.1) is 0 Å². The molecule has 0 unspecified atom stereocenters. The molecule has 3 fully saturated rings. The van der Waals surface area contributed by atoms with Gasteiger partial charge < -0.3 is 5.32 Å². The normalized spacial score (nSPS) is 36.0. The molecule has 2 atom stereocenters. The average Bonchev–Trinajstić information content (AvgIpc) is 2.06. The third kappa shape index (κ3) is 1.18. The van der Waals surface area contributed by atoms with Gasteiger partial charge in [0, 0.05) is 18.2 Å². The lowest BCUT2D eigenvalue weighted by Gasteiger charge is -2.38. The second kappa shape index (κ2) is 2.55. The highest BCUT2D eigenvalue weighted by Crippen LogP contribution is 2.36. The van der Waals surface area contributed by atoms with Crippen LogP contribution >= 0.6 is 0 Å². The van der Waals surface area contributed by atoms with Gasteiger partial charge in [-0.2, -0.15) is 8.78 Å². The summed E-state index contributed by atoms with van der Waals surface area (Å²) in [6.07, 6.45) is 1.17. The third-order valence-corrected chi connectivity index (χ3v) is 2.72. The van der Waals surface area contributed by atoms with Crippen molar-refractivity contribution in [3.05, 3.63) is 11.7 Å². The molecule has 2 bridgehead atoms. The summed E-state index contributed by atoms with van der Waals surface area (Å²) in [7, 11) is 0. The van der Waals surface area contributed by atoms with E-state index in [0.717, 1.165) is 19.4 Å². The number of hydrogen-bond donors (Lipinski definition) is 1. The minimum Gasteiger partial charge on any atom is -0.313 e. The Bertz CT molecular complexity index is 188. The summed E-state index contributed by atoms with van der Waals surface area (Å²) < 4.78 is 24.5. The van der Waals surface area contributed by atoms with E-state index >= 15 is 0 Å². The van der Waals surface area contributed by atoms with Crippen LogP contribution in [0, 0.1) is 5.92 Å². The highest BCUT2D eigenvalue weighted by Gasteiger charge is 2.33. The zero-order valence-corrected chi connectivity index (χ0v) is 6.24. The van der Waals surface area contributed by atoms with E-state index in [0.29, 0.717) is 18.0 Å². The van der Waals surface area contributed by atoms with Crippen molar-refractivity contribution in [3.8, 4) is 0 Å². The molecule has 0 amide bonds. The van der Waals surface area contributed by atoms with Crippen LogP contribution in [0.25, 0.3) is 0 Å². The predicted octanol–water partition coefficient (Wildman–Crippen LogP) is 1.91. The van der Waals surface area contributed by atoms with Crippen molar-refractivity contribution in [3.63, 3.8) is 0 Å². The fourth-order valence-corrected chi connectivity index (χ4v) is 2.05. The lowest BCUT2D eigenvalue weighted by Crippen LogP contribution is -2.45. The third-order valence-electron chi connectivity index (χ3n) is 2.72. The van der Waals surface area contributed by atoms with Gasteiger partial charge in [0.15, 0.2) is 0 Å². The lowest BCUT2D eigenvalue weighted by atomic mass is 9.78. The molecule has 3 heteroatoms. The molecular formula is C8H11F2N. The first kappa shape index (κ1) is 7.22. The molecule has 0 radical (unpaired) electrons. The van der Waals surface area contributed by atoms with Gasteiger partial charge >= 0.3 is 0 Å². The Kier molecular flexibility index (Phi) is 1.68. The topological polar surface area (TPSA) is 12.0 Å². The lowest BCUT2D eigenvalue weighted by molar-refractivity contribution is 0.255. The van der Waals surface area contributed by atoms with Crippen LogP contribution in [0.3, 0.4) is 0 Å². The van der Waals surface area contributed by atoms with Gasteiger partial charge in [0.1, 0.15) is 0 Å². The summed E-state index contributed by atoms with van der Waals surface area (Å²) >= 11 is 0. The van der Waals surface area contributed by atoms with Crippen molar-refractivity contribution in [1.29, 1.82) is 0 Å². The summed E-state index contributed by atoms with van der Waals surface area (Å²) in [4.78, 5) is 0. The van der Waals surface area contributed by atoms with E-state index in [1.807, 2.05) is 0 Å². The summed E-state index contributed by atoms with van der Waals surface area (Å²) in [6.45, 7) is 0.761. The Morgan fingerprint density at radius 1 is 1.36 bits per heavy atom. The highest BCUT2D eigenvalue weighted by molar-refractivity contribution is 5.16. The fourth-order valence-electron chi connectivity index (χ4n) is 2.05. The molecule has 2 heterocycles. The Balaban J connectivity index is 2.21. The number of halogens is 2. The number of fused-ring (bicyclic) bond motifs is 3. The summed E-state index contributed by atoms with van der Waals surface area (Å²) in [5.74, 6) is 0.130. The highest BCUT2D eigenvalue weighted by atomic mass is 19.3. The summed E-state index contributed by atoms with van der Waals surface area (Å²) in [5, 5.41) is 3.24. The minimum absolute atomic E-state index is 0.130. The van der Waals surface area contributed by atoms with Gasteiger partial charge in [0.2, 0.25) is 0 Å². The van der Waals surface area contributed by atoms with Crippen LogP contribution in [0.5, 0.6) is 0 Å². The monoisotopic (exact) mass is 159 g/mol. The molecule has 3 aliphatic rings. The van der Waals surface area contributed by atoms with Gasteiger partial charge in [-0.05, 0) is 25.2 Å². The number of piperidine rings is 2. The van der Waals surface area contributed by atoms with Crippen LogP contribution in [0.4, 0.5) is 8.78 Å². The molecule has 0 spiro atoms. The maximum Gasteiger partial charge on any atom is 0.269 e. The summed E-state index contributed by atoms with van der Waals surface area (Å²) in [6, 6.07) is 0.330. The number of rotatable bonds is 0. The zero-order valence-electron chi connectivity index (χ0n) is 6.24. The van der Waals surface area contributed by atoms with E-state index in [-0.39, 0.29) is 5.92 Å². The van der Waals surface area contributed by atoms with Gasteiger partial charge in [-0.1, -0.05) is 0 Å². The summed E-state index contributed by atoms with van der Waals surface area (Å²) in [5.41, 5.74) is 0.417. The standard InChI is InChI=1S/C8H11F2N/c9-8(10)7-3-6-2-1-5(7)4-11-6/h5-6,11H,1-4H2/t5-,6-/m0/s1. The first-order chi connectivity index (χ1) is 5.27. The SMILES string of the molecule is FC(F)=C1C[C@@H]2CC[C@H]1CN2. The van der Waals surface area contributed by atoms with Crippen molar-refractivity contribution in [2.75, 3.05) is 6.54 Å². The van der Waals surface area contributed by atoms with Crippen LogP contribution in [0.1, 0.15) is 19.3 Å². The largest absolute Gasteiger partial charge is 0.313 e. The molecule has 3 rings (SSSR count). The van der Waals surface area contributed by atoms with Crippen molar-refractivity contribution in [1.82, 2.24) is 5.32 Å². The Labute approximate surface area is 64.5 Å². The van der Waals surface area contributed by atoms with Crippen LogP contribution in [-0.2, 0) is 0 Å². The molecule has 0 aromatic heterocycles. The average molecular weight is 159 g/mol. The maximum atomic E-state index is 12.2. The van der Waals surface area contributed by atoms with Crippen molar-refractivity contribution >= 4 is 0 Å². The van der Waals surface area contributed by atoms with Crippen LogP contribution in [0.15, 0.2) is 11.7 Å². The Morgan fingerprint density at radius 2 is 2.18 bits per heavy atom. The van der Waals surface area contributed by atoms with Gasteiger partial charge in [0.05, 0.1) is 0 Å². The van der Waals surface area contributed by atoms with Crippen molar-refractivity contribution in [2.24, 2.45) is 5.92 Å². The van der Waals surface area contributed by atoms with Crippen LogP contribution in [-0.4, -0.2) is 12.6 Å². The van der Waals surface area contributed by atoms with E-state index < -0.39 is 6.08 Å². The molecule has 1 nitrogen and oxygen atoms in total. The molecule has 2 saturated heterocycles. The molecule has 2 aliphatic heterocycles. The molecule has 1 aliphatic carbocycles. The number of nitrogens with one attached hydrogen (secondary N) is 1. The molecule has 11 heavy (non-hydrogen) atoms. The molecule has 0 aromatic carbocycles. The zero-order chi connectivity index (χ0) is 7.84. The molecule has 0 aromatic rings. The van der Waals surface area contributed by atoms with Crippen LogP contribution in [0.2, 0.25) is 0 Å². The van der Waals surface area contributed by atoms with E-state index in [1.165, 1.54) is 0 Å². The number of hydrogen-bond acceptors (Lipinski definition) is 1.